The molecule has 0 aliphatic carbocycles. The molecule has 1 fully saturated rings. The molecule has 0 saturated carbocycles. The molecular formula is C16H22N2O3. The van der Waals surface area contributed by atoms with Crippen molar-refractivity contribution in [3.8, 4) is 0 Å². The van der Waals surface area contributed by atoms with Crippen LogP contribution in [0.2, 0.25) is 0 Å². The zero-order valence-corrected chi connectivity index (χ0v) is 12.4. The molecule has 0 aromatic heterocycles. The summed E-state index contributed by atoms with van der Waals surface area (Å²) in [5.41, 5.74) is 0.822. The molecule has 0 spiro atoms. The maximum absolute atomic E-state index is 12.7. The third-order valence-electron chi connectivity index (χ3n) is 3.83. The van der Waals surface area contributed by atoms with E-state index in [1.165, 1.54) is 4.90 Å². The van der Waals surface area contributed by atoms with E-state index in [1.807, 2.05) is 30.3 Å². The number of hydrogen-bond acceptors (Lipinski definition) is 3. The van der Waals surface area contributed by atoms with Gasteiger partial charge in [-0.2, -0.15) is 0 Å². The lowest BCUT2D eigenvalue weighted by Crippen LogP contribution is -2.46. The predicted molar refractivity (Wildman–Crippen MR) is 79.5 cm³/mol. The summed E-state index contributed by atoms with van der Waals surface area (Å²) in [6.07, 6.45) is 2.31. The standard InChI is InChI=1S/C16H22N2O3/c1-17(11-12-19)16(21)15(13-7-3-2-4-8-13)18-10-6-5-9-14(18)20/h2-4,7-8,15,19H,5-6,9-12H2,1H3. The first-order valence-electron chi connectivity index (χ1n) is 7.35. The second kappa shape index (κ2) is 7.22. The number of aliphatic hydroxyl groups excluding tert-OH is 1. The monoisotopic (exact) mass is 290 g/mol. The van der Waals surface area contributed by atoms with Crippen molar-refractivity contribution in [1.82, 2.24) is 9.80 Å². The van der Waals surface area contributed by atoms with Crippen molar-refractivity contribution in [3.05, 3.63) is 35.9 Å². The largest absolute Gasteiger partial charge is 0.395 e. The molecule has 1 aliphatic rings. The minimum atomic E-state index is -0.587. The van der Waals surface area contributed by atoms with E-state index in [2.05, 4.69) is 0 Å². The Kier molecular flexibility index (Phi) is 5.33. The Morgan fingerprint density at radius 2 is 2.05 bits per heavy atom. The quantitative estimate of drug-likeness (QED) is 0.886. The van der Waals surface area contributed by atoms with Gasteiger partial charge in [0.15, 0.2) is 0 Å². The van der Waals surface area contributed by atoms with E-state index < -0.39 is 6.04 Å². The summed E-state index contributed by atoms with van der Waals surface area (Å²) in [4.78, 5) is 28.1. The summed E-state index contributed by atoms with van der Waals surface area (Å²) in [6, 6.07) is 8.79. The Bertz CT molecular complexity index is 490. The number of carbonyl (C=O) groups excluding carboxylic acids is 2. The molecule has 5 heteroatoms. The van der Waals surface area contributed by atoms with Crippen LogP contribution < -0.4 is 0 Å². The molecule has 21 heavy (non-hydrogen) atoms. The molecule has 1 aromatic carbocycles. The van der Waals surface area contributed by atoms with Crippen molar-refractivity contribution >= 4 is 11.8 Å². The number of likely N-dealkylation sites (N-methyl/N-ethyl adjacent to an activating group) is 1. The Hall–Kier alpha value is -1.88. The van der Waals surface area contributed by atoms with Crippen LogP contribution in [-0.2, 0) is 9.59 Å². The van der Waals surface area contributed by atoms with E-state index in [0.29, 0.717) is 13.0 Å². The van der Waals surface area contributed by atoms with Crippen LogP contribution in [0.5, 0.6) is 0 Å². The van der Waals surface area contributed by atoms with Crippen molar-refractivity contribution < 1.29 is 14.7 Å². The summed E-state index contributed by atoms with van der Waals surface area (Å²) in [5, 5.41) is 9.03. The van der Waals surface area contributed by atoms with Crippen LogP contribution in [0.1, 0.15) is 30.9 Å². The number of piperidine rings is 1. The second-order valence-electron chi connectivity index (χ2n) is 5.34. The van der Waals surface area contributed by atoms with Gasteiger partial charge in [0.05, 0.1) is 6.61 Å². The maximum Gasteiger partial charge on any atom is 0.249 e. The van der Waals surface area contributed by atoms with Crippen LogP contribution in [0.25, 0.3) is 0 Å². The highest BCUT2D eigenvalue weighted by Crippen LogP contribution is 2.27. The molecule has 0 bridgehead atoms. The minimum Gasteiger partial charge on any atom is -0.395 e. The third-order valence-corrected chi connectivity index (χ3v) is 3.83. The highest BCUT2D eigenvalue weighted by Gasteiger charge is 2.34. The van der Waals surface area contributed by atoms with Gasteiger partial charge >= 0.3 is 0 Å². The molecule has 1 heterocycles. The Balaban J connectivity index is 2.30. The van der Waals surface area contributed by atoms with Crippen molar-refractivity contribution in [2.45, 2.75) is 25.3 Å². The molecule has 1 saturated heterocycles. The molecule has 114 valence electrons. The van der Waals surface area contributed by atoms with Gasteiger partial charge in [-0.05, 0) is 18.4 Å². The average molecular weight is 290 g/mol. The van der Waals surface area contributed by atoms with Gasteiger partial charge in [0.1, 0.15) is 6.04 Å². The lowest BCUT2D eigenvalue weighted by atomic mass is 10.00. The van der Waals surface area contributed by atoms with Crippen molar-refractivity contribution in [2.24, 2.45) is 0 Å². The van der Waals surface area contributed by atoms with Gasteiger partial charge in [-0.15, -0.1) is 0 Å². The smallest absolute Gasteiger partial charge is 0.249 e. The first-order valence-corrected chi connectivity index (χ1v) is 7.35. The minimum absolute atomic E-state index is 0.0286. The molecule has 2 rings (SSSR count). The van der Waals surface area contributed by atoms with Gasteiger partial charge in [0.2, 0.25) is 11.8 Å². The average Bonchev–Trinajstić information content (AvgIpc) is 2.50. The SMILES string of the molecule is CN(CCO)C(=O)C(c1ccccc1)N1CCCCC1=O. The number of nitrogens with zero attached hydrogens (tertiary/aromatic N) is 2. The van der Waals surface area contributed by atoms with Crippen LogP contribution in [0.3, 0.4) is 0 Å². The highest BCUT2D eigenvalue weighted by molar-refractivity contribution is 5.89. The van der Waals surface area contributed by atoms with Crippen LogP contribution in [-0.4, -0.2) is 53.5 Å². The fourth-order valence-electron chi connectivity index (χ4n) is 2.66. The summed E-state index contributed by atoms with van der Waals surface area (Å²) >= 11 is 0. The number of rotatable bonds is 5. The second-order valence-corrected chi connectivity index (χ2v) is 5.34. The summed E-state index contributed by atoms with van der Waals surface area (Å²) in [6.45, 7) is 0.791. The highest BCUT2D eigenvalue weighted by atomic mass is 16.3. The fourth-order valence-corrected chi connectivity index (χ4v) is 2.66. The Morgan fingerprint density at radius 3 is 2.67 bits per heavy atom. The number of hydrogen-bond donors (Lipinski definition) is 1. The maximum atomic E-state index is 12.7. The van der Waals surface area contributed by atoms with E-state index in [4.69, 9.17) is 5.11 Å². The first kappa shape index (κ1) is 15.5. The normalized spacial score (nSPS) is 16.7. The molecule has 1 aliphatic heterocycles. The zero-order chi connectivity index (χ0) is 15.2. The van der Waals surface area contributed by atoms with Crippen LogP contribution in [0, 0.1) is 0 Å². The lowest BCUT2D eigenvalue weighted by Gasteiger charge is -2.36. The molecule has 0 radical (unpaired) electrons. The molecule has 1 N–H and O–H groups in total. The Labute approximate surface area is 125 Å². The zero-order valence-electron chi connectivity index (χ0n) is 12.4. The fraction of sp³-hybridized carbons (Fsp3) is 0.500. The molecular weight excluding hydrogens is 268 g/mol. The predicted octanol–water partition coefficient (Wildman–Crippen LogP) is 1.19. The lowest BCUT2D eigenvalue weighted by molar-refractivity contribution is -0.147. The van der Waals surface area contributed by atoms with Gasteiger partial charge in [-0.25, -0.2) is 0 Å². The van der Waals surface area contributed by atoms with Crippen LogP contribution in [0.4, 0.5) is 0 Å². The number of benzene rings is 1. The van der Waals surface area contributed by atoms with Gasteiger partial charge in [0, 0.05) is 26.6 Å². The van der Waals surface area contributed by atoms with Gasteiger partial charge in [-0.1, -0.05) is 30.3 Å². The third kappa shape index (κ3) is 3.61. The van der Waals surface area contributed by atoms with Crippen molar-refractivity contribution in [3.63, 3.8) is 0 Å². The van der Waals surface area contributed by atoms with E-state index in [9.17, 15) is 9.59 Å². The first-order chi connectivity index (χ1) is 10.1. The van der Waals surface area contributed by atoms with E-state index in [1.54, 1.807) is 11.9 Å². The summed E-state index contributed by atoms with van der Waals surface area (Å²) < 4.78 is 0. The number of amides is 2. The van der Waals surface area contributed by atoms with Crippen molar-refractivity contribution in [2.75, 3.05) is 26.7 Å². The van der Waals surface area contributed by atoms with E-state index >= 15 is 0 Å². The summed E-state index contributed by atoms with van der Waals surface area (Å²) in [5.74, 6) is -0.119. The van der Waals surface area contributed by atoms with Gasteiger partial charge in [0.25, 0.3) is 0 Å². The molecule has 2 amide bonds. The molecule has 5 nitrogen and oxygen atoms in total. The summed E-state index contributed by atoms with van der Waals surface area (Å²) in [7, 11) is 1.66. The number of aliphatic hydroxyl groups is 1. The van der Waals surface area contributed by atoms with Gasteiger partial charge in [-0.3, -0.25) is 9.59 Å². The van der Waals surface area contributed by atoms with Crippen molar-refractivity contribution in [1.29, 1.82) is 0 Å². The number of likely N-dealkylation sites (tertiary alicyclic amines) is 1. The molecule has 1 unspecified atom stereocenters. The van der Waals surface area contributed by atoms with Crippen LogP contribution >= 0.6 is 0 Å². The van der Waals surface area contributed by atoms with E-state index in [-0.39, 0.29) is 25.0 Å². The van der Waals surface area contributed by atoms with E-state index in [0.717, 1.165) is 18.4 Å². The van der Waals surface area contributed by atoms with Gasteiger partial charge < -0.3 is 14.9 Å². The Morgan fingerprint density at radius 1 is 1.33 bits per heavy atom. The topological polar surface area (TPSA) is 60.9 Å². The van der Waals surface area contributed by atoms with Crippen LogP contribution in [0.15, 0.2) is 30.3 Å². The number of carbonyl (C=O) groups is 2. The molecule has 1 atom stereocenters. The molecule has 1 aromatic rings.